The summed E-state index contributed by atoms with van der Waals surface area (Å²) in [5.41, 5.74) is 1.16. The van der Waals surface area contributed by atoms with Crippen LogP contribution in [0.1, 0.15) is 45.1 Å². The maximum Gasteiger partial charge on any atom is 0.230 e. The molecule has 0 aliphatic carbocycles. The van der Waals surface area contributed by atoms with E-state index in [0.29, 0.717) is 11.7 Å². The monoisotopic (exact) mass is 327 g/mol. The first-order valence-electron chi connectivity index (χ1n) is 7.74. The second-order valence-corrected chi connectivity index (χ2v) is 6.77. The number of benzene rings is 1. The number of carbonyl (C=O) groups is 1. The van der Waals surface area contributed by atoms with Gasteiger partial charge in [-0.2, -0.15) is 0 Å². The lowest BCUT2D eigenvalue weighted by Gasteiger charge is -2.15. The van der Waals surface area contributed by atoms with Crippen LogP contribution in [0.5, 0.6) is 0 Å². The van der Waals surface area contributed by atoms with Gasteiger partial charge in [-0.05, 0) is 30.0 Å². The van der Waals surface area contributed by atoms with Crippen LogP contribution in [-0.4, -0.2) is 18.2 Å². The highest BCUT2D eigenvalue weighted by molar-refractivity contribution is 7.99. The van der Waals surface area contributed by atoms with Gasteiger partial charge in [0.1, 0.15) is 0 Å². The third-order valence-corrected chi connectivity index (χ3v) is 4.76. The number of rotatable bonds is 10. The first-order chi connectivity index (χ1) is 10.2. The van der Waals surface area contributed by atoms with E-state index in [1.807, 2.05) is 24.3 Å². The molecule has 0 aromatic heterocycles. The van der Waals surface area contributed by atoms with E-state index in [1.54, 1.807) is 11.8 Å². The molecule has 1 aromatic carbocycles. The Morgan fingerprint density at radius 1 is 1.38 bits per heavy atom. The Morgan fingerprint density at radius 3 is 2.86 bits per heavy atom. The van der Waals surface area contributed by atoms with Crippen molar-refractivity contribution in [3.05, 3.63) is 34.9 Å². The molecule has 0 saturated carbocycles. The second-order valence-electron chi connectivity index (χ2n) is 5.34. The number of unbranched alkanes of at least 4 members (excludes halogenated alkanes) is 1. The van der Waals surface area contributed by atoms with E-state index in [0.717, 1.165) is 29.3 Å². The topological polar surface area (TPSA) is 29.1 Å². The van der Waals surface area contributed by atoms with Crippen molar-refractivity contribution in [2.24, 2.45) is 5.92 Å². The molecule has 1 amide bonds. The van der Waals surface area contributed by atoms with E-state index < -0.39 is 0 Å². The molecule has 0 heterocycles. The fraction of sp³-hybridized carbons (Fsp3) is 0.588. The van der Waals surface area contributed by atoms with E-state index >= 15 is 0 Å². The number of hydrogen-bond acceptors (Lipinski definition) is 2. The summed E-state index contributed by atoms with van der Waals surface area (Å²) in [6.07, 6.45) is 4.82. The SMILES string of the molecule is CCCC[C@H](CC)CNC(=O)CSCc1cccc(Cl)c1. The van der Waals surface area contributed by atoms with Gasteiger partial charge in [0.25, 0.3) is 0 Å². The third kappa shape index (κ3) is 8.37. The van der Waals surface area contributed by atoms with Crippen LogP contribution >= 0.6 is 23.4 Å². The summed E-state index contributed by atoms with van der Waals surface area (Å²) in [5, 5.41) is 3.80. The molecule has 1 N–H and O–H groups in total. The van der Waals surface area contributed by atoms with Gasteiger partial charge < -0.3 is 5.32 Å². The number of halogens is 1. The molecule has 0 fully saturated rings. The second kappa shape index (κ2) is 11.0. The van der Waals surface area contributed by atoms with Crippen LogP contribution < -0.4 is 5.32 Å². The quantitative estimate of drug-likeness (QED) is 0.661. The minimum atomic E-state index is 0.136. The smallest absolute Gasteiger partial charge is 0.230 e. The fourth-order valence-electron chi connectivity index (χ4n) is 2.14. The highest BCUT2D eigenvalue weighted by Gasteiger charge is 2.08. The summed E-state index contributed by atoms with van der Waals surface area (Å²) in [4.78, 5) is 11.8. The first kappa shape index (κ1) is 18.4. The predicted molar refractivity (Wildman–Crippen MR) is 93.9 cm³/mol. The molecule has 2 nitrogen and oxygen atoms in total. The van der Waals surface area contributed by atoms with Crippen LogP contribution in [0.3, 0.4) is 0 Å². The number of carbonyl (C=O) groups excluding carboxylic acids is 1. The standard InChI is InChI=1S/C17H26ClNOS/c1-3-5-7-14(4-2)11-19-17(20)13-21-12-15-8-6-9-16(18)10-15/h6,8-10,14H,3-5,7,11-13H2,1-2H3,(H,19,20)/t14-/m0/s1. The van der Waals surface area contributed by atoms with Crippen LogP contribution in [0.15, 0.2) is 24.3 Å². The molecular weight excluding hydrogens is 302 g/mol. The van der Waals surface area contributed by atoms with E-state index in [-0.39, 0.29) is 5.91 Å². The largest absolute Gasteiger partial charge is 0.355 e. The lowest BCUT2D eigenvalue weighted by molar-refractivity contribution is -0.118. The van der Waals surface area contributed by atoms with Gasteiger partial charge in [0.15, 0.2) is 0 Å². The molecular formula is C17H26ClNOS. The minimum absolute atomic E-state index is 0.136. The molecule has 0 unspecified atom stereocenters. The van der Waals surface area contributed by atoms with Gasteiger partial charge in [0.2, 0.25) is 5.91 Å². The average molecular weight is 328 g/mol. The lowest BCUT2D eigenvalue weighted by atomic mass is 9.99. The molecule has 4 heteroatoms. The molecule has 0 radical (unpaired) electrons. The van der Waals surface area contributed by atoms with Gasteiger partial charge >= 0.3 is 0 Å². The molecule has 0 aliphatic heterocycles. The first-order valence-corrected chi connectivity index (χ1v) is 9.27. The molecule has 0 bridgehead atoms. The van der Waals surface area contributed by atoms with Gasteiger partial charge in [-0.3, -0.25) is 4.79 Å². The zero-order chi connectivity index (χ0) is 15.5. The summed E-state index contributed by atoms with van der Waals surface area (Å²) < 4.78 is 0. The summed E-state index contributed by atoms with van der Waals surface area (Å²) in [6.45, 7) is 5.21. The van der Waals surface area contributed by atoms with Crippen LogP contribution in [0.25, 0.3) is 0 Å². The van der Waals surface area contributed by atoms with E-state index in [2.05, 4.69) is 19.2 Å². The minimum Gasteiger partial charge on any atom is -0.355 e. The summed E-state index contributed by atoms with van der Waals surface area (Å²) in [7, 11) is 0. The molecule has 0 saturated heterocycles. The van der Waals surface area contributed by atoms with E-state index in [4.69, 9.17) is 11.6 Å². The number of amides is 1. The Morgan fingerprint density at radius 2 is 2.19 bits per heavy atom. The predicted octanol–water partition coefficient (Wildman–Crippen LogP) is 4.91. The van der Waals surface area contributed by atoms with E-state index in [9.17, 15) is 4.79 Å². The number of hydrogen-bond donors (Lipinski definition) is 1. The van der Waals surface area contributed by atoms with Gasteiger partial charge in [0, 0.05) is 17.3 Å². The van der Waals surface area contributed by atoms with Crippen molar-refractivity contribution >= 4 is 29.3 Å². The summed E-state index contributed by atoms with van der Waals surface area (Å²) >= 11 is 7.57. The van der Waals surface area contributed by atoms with Crippen molar-refractivity contribution in [2.45, 2.75) is 45.3 Å². The molecule has 0 spiro atoms. The van der Waals surface area contributed by atoms with Gasteiger partial charge in [-0.15, -0.1) is 11.8 Å². The average Bonchev–Trinajstić information content (AvgIpc) is 2.47. The van der Waals surface area contributed by atoms with E-state index in [1.165, 1.54) is 19.3 Å². The highest BCUT2D eigenvalue weighted by atomic mass is 35.5. The molecule has 118 valence electrons. The maximum absolute atomic E-state index is 11.8. The molecule has 21 heavy (non-hydrogen) atoms. The molecule has 1 atom stereocenters. The third-order valence-electron chi connectivity index (χ3n) is 3.52. The summed E-state index contributed by atoms with van der Waals surface area (Å²) in [6, 6.07) is 7.79. The highest BCUT2D eigenvalue weighted by Crippen LogP contribution is 2.16. The number of thioether (sulfide) groups is 1. The van der Waals surface area contributed by atoms with Crippen molar-refractivity contribution < 1.29 is 4.79 Å². The Balaban J connectivity index is 2.18. The molecule has 1 aromatic rings. The molecule has 1 rings (SSSR count). The lowest BCUT2D eigenvalue weighted by Crippen LogP contribution is -2.30. The Labute approximate surface area is 138 Å². The Hall–Kier alpha value is -0.670. The van der Waals surface area contributed by atoms with Crippen molar-refractivity contribution in [3.8, 4) is 0 Å². The zero-order valence-corrected chi connectivity index (χ0v) is 14.6. The fourth-order valence-corrected chi connectivity index (χ4v) is 3.16. The maximum atomic E-state index is 11.8. The van der Waals surface area contributed by atoms with Gasteiger partial charge in [0.05, 0.1) is 5.75 Å². The Kier molecular flexibility index (Phi) is 9.60. The van der Waals surface area contributed by atoms with Crippen molar-refractivity contribution in [2.75, 3.05) is 12.3 Å². The summed E-state index contributed by atoms with van der Waals surface area (Å²) in [5.74, 6) is 2.08. The van der Waals surface area contributed by atoms with Gasteiger partial charge in [-0.1, -0.05) is 56.8 Å². The normalized spacial score (nSPS) is 12.1. The van der Waals surface area contributed by atoms with Crippen LogP contribution in [0.4, 0.5) is 0 Å². The van der Waals surface area contributed by atoms with Crippen LogP contribution in [-0.2, 0) is 10.5 Å². The van der Waals surface area contributed by atoms with Crippen molar-refractivity contribution in [1.29, 1.82) is 0 Å². The van der Waals surface area contributed by atoms with Gasteiger partial charge in [-0.25, -0.2) is 0 Å². The van der Waals surface area contributed by atoms with Crippen LogP contribution in [0, 0.1) is 5.92 Å². The zero-order valence-electron chi connectivity index (χ0n) is 13.0. The van der Waals surface area contributed by atoms with Crippen molar-refractivity contribution in [1.82, 2.24) is 5.32 Å². The number of nitrogens with one attached hydrogen (secondary N) is 1. The van der Waals surface area contributed by atoms with Crippen molar-refractivity contribution in [3.63, 3.8) is 0 Å². The van der Waals surface area contributed by atoms with Crippen LogP contribution in [0.2, 0.25) is 5.02 Å². The molecule has 0 aliphatic rings. The Bertz CT molecular complexity index is 425.